The van der Waals surface area contributed by atoms with Gasteiger partial charge in [0.05, 0.1) is 34.5 Å². The van der Waals surface area contributed by atoms with Crippen molar-refractivity contribution in [2.45, 2.75) is 70.4 Å². The normalized spacial score (nSPS) is 26.2. The van der Waals surface area contributed by atoms with Gasteiger partial charge in [-0.25, -0.2) is 4.98 Å². The summed E-state index contributed by atoms with van der Waals surface area (Å²) in [6.45, 7) is 5.87. The first-order valence-corrected chi connectivity index (χ1v) is 18.6. The number of aliphatic hydroxyl groups excluding tert-OH is 1. The lowest BCUT2D eigenvalue weighted by Gasteiger charge is -2.35. The summed E-state index contributed by atoms with van der Waals surface area (Å²) in [6.07, 6.45) is -1.19. The van der Waals surface area contributed by atoms with Crippen LogP contribution in [0.3, 0.4) is 0 Å². The molecule has 7 amide bonds. The van der Waals surface area contributed by atoms with Crippen LogP contribution in [0.5, 0.6) is 0 Å². The van der Waals surface area contributed by atoms with Crippen LogP contribution >= 0.6 is 23.1 Å². The van der Waals surface area contributed by atoms with E-state index in [-0.39, 0.29) is 31.0 Å². The molecule has 2 aliphatic rings. The van der Waals surface area contributed by atoms with Crippen LogP contribution in [0.4, 0.5) is 0 Å². The molecule has 2 fully saturated rings. The SMILES string of the molecule is Cc1ncsc1-c1ccc([C@H]2NC(=O)[C@@H]3C[C@@H](O)CN3C(=O)[C@H](C(C)(C)C)NC(=O)CSC[C@H](C(N)=O)NC(=O)[C@H](CN)NC(=O)CNC2=O)cc1. The van der Waals surface area contributed by atoms with Gasteiger partial charge < -0.3 is 48.1 Å². The number of benzene rings is 1. The highest BCUT2D eigenvalue weighted by Gasteiger charge is 2.45. The van der Waals surface area contributed by atoms with Crippen molar-refractivity contribution < 1.29 is 38.7 Å². The molecule has 0 unspecified atom stereocenters. The van der Waals surface area contributed by atoms with Crippen molar-refractivity contribution in [3.63, 3.8) is 0 Å². The number of primary amides is 1. The van der Waals surface area contributed by atoms with Crippen LogP contribution in [-0.2, 0) is 33.6 Å². The van der Waals surface area contributed by atoms with Crippen LogP contribution in [-0.4, -0.2) is 118 Å². The number of rotatable bonds is 4. The summed E-state index contributed by atoms with van der Waals surface area (Å²) >= 11 is 2.41. The number of aryl methyl sites for hydroxylation is 1. The minimum absolute atomic E-state index is 0.114. The summed E-state index contributed by atoms with van der Waals surface area (Å²) in [6, 6.07) is 0.563. The molecule has 282 valence electrons. The average Bonchev–Trinajstić information content (AvgIpc) is 3.70. The lowest BCUT2D eigenvalue weighted by molar-refractivity contribution is -0.144. The molecular formula is C33H45N9O8S2. The summed E-state index contributed by atoms with van der Waals surface area (Å²) in [5.41, 5.74) is 14.1. The molecule has 0 spiro atoms. The van der Waals surface area contributed by atoms with Crippen molar-refractivity contribution in [3.8, 4) is 10.4 Å². The number of nitrogens with two attached hydrogens (primary N) is 2. The van der Waals surface area contributed by atoms with Gasteiger partial charge in [-0.15, -0.1) is 23.1 Å². The van der Waals surface area contributed by atoms with E-state index in [9.17, 15) is 38.7 Å². The minimum atomic E-state index is -1.36. The predicted octanol–water partition coefficient (Wildman–Crippen LogP) is -1.95. The zero-order chi connectivity index (χ0) is 38.3. The Kier molecular flexibility index (Phi) is 13.4. The molecule has 2 saturated heterocycles. The summed E-state index contributed by atoms with van der Waals surface area (Å²) in [7, 11) is 0. The second-order valence-corrected chi connectivity index (χ2v) is 15.5. The van der Waals surface area contributed by atoms with E-state index in [1.165, 1.54) is 16.2 Å². The molecule has 1 aromatic heterocycles. The number of thioether (sulfide) groups is 1. The van der Waals surface area contributed by atoms with Crippen LogP contribution in [0.2, 0.25) is 0 Å². The first kappa shape index (κ1) is 40.2. The van der Waals surface area contributed by atoms with Crippen LogP contribution in [0.15, 0.2) is 29.8 Å². The van der Waals surface area contributed by atoms with Crippen LogP contribution in [0.25, 0.3) is 10.4 Å². The standard InChI is InChI=1S/C33H45N9O8S2/c1-16-26(52-15-37-16)18-7-5-17(6-8-18)25-31(49)36-11-23(44)38-20(10-34)29(47)39-21(28(35)46)13-51-14-24(45)40-27(33(2,3)4)32(50)42-12-19(43)9-22(42)30(48)41-25/h5-8,15,19-22,25,27,43H,9-14,34H2,1-4H3,(H2,35,46)(H,36,49)(H,38,44)(H,39,47)(H,40,45)(H,41,48)/t19-,20+,21-,22+,25-,27-/m1/s1. The Bertz CT molecular complexity index is 1680. The second kappa shape index (κ2) is 17.3. The highest BCUT2D eigenvalue weighted by molar-refractivity contribution is 8.00. The van der Waals surface area contributed by atoms with E-state index in [0.717, 1.165) is 27.9 Å². The number of carbonyl (C=O) groups is 7. The smallest absolute Gasteiger partial charge is 0.247 e. The highest BCUT2D eigenvalue weighted by Crippen LogP contribution is 2.30. The van der Waals surface area contributed by atoms with Gasteiger partial charge in [0.1, 0.15) is 30.2 Å². The lowest BCUT2D eigenvalue weighted by Crippen LogP contribution is -2.58. The molecule has 10 N–H and O–H groups in total. The Morgan fingerprint density at radius 3 is 2.27 bits per heavy atom. The third kappa shape index (κ3) is 10.0. The molecule has 1 aromatic carbocycles. The first-order valence-electron chi connectivity index (χ1n) is 16.5. The molecule has 17 nitrogen and oxygen atoms in total. The predicted molar refractivity (Wildman–Crippen MR) is 193 cm³/mol. The van der Waals surface area contributed by atoms with Crippen LogP contribution in [0.1, 0.15) is 44.5 Å². The second-order valence-electron chi connectivity index (χ2n) is 13.6. The van der Waals surface area contributed by atoms with Crippen LogP contribution < -0.4 is 38.1 Å². The molecule has 0 bridgehead atoms. The molecule has 19 heteroatoms. The van der Waals surface area contributed by atoms with Gasteiger partial charge in [-0.05, 0) is 23.5 Å². The number of aliphatic hydroxyl groups is 1. The molecule has 4 rings (SSSR count). The van der Waals surface area contributed by atoms with E-state index in [0.29, 0.717) is 5.56 Å². The zero-order valence-corrected chi connectivity index (χ0v) is 30.9. The zero-order valence-electron chi connectivity index (χ0n) is 29.3. The van der Waals surface area contributed by atoms with Gasteiger partial charge in [-0.3, -0.25) is 33.6 Å². The number of nitrogens with one attached hydrogen (secondary N) is 5. The van der Waals surface area contributed by atoms with Crippen molar-refractivity contribution >= 4 is 64.4 Å². The van der Waals surface area contributed by atoms with Gasteiger partial charge in [0.25, 0.3) is 0 Å². The maximum absolute atomic E-state index is 14.1. The van der Waals surface area contributed by atoms with E-state index in [1.54, 1.807) is 50.5 Å². The minimum Gasteiger partial charge on any atom is -0.391 e. The summed E-state index contributed by atoms with van der Waals surface area (Å²) in [5.74, 6) is -5.56. The quantitative estimate of drug-likeness (QED) is 0.170. The van der Waals surface area contributed by atoms with Gasteiger partial charge >= 0.3 is 0 Å². The topological polar surface area (TPSA) is 268 Å². The van der Waals surface area contributed by atoms with Crippen LogP contribution in [0, 0.1) is 12.3 Å². The van der Waals surface area contributed by atoms with Gasteiger partial charge in [-0.2, -0.15) is 0 Å². The van der Waals surface area contributed by atoms with E-state index < -0.39 is 89.6 Å². The average molecular weight is 760 g/mol. The number of fused-ring (bicyclic) bond motifs is 1. The molecule has 52 heavy (non-hydrogen) atoms. The van der Waals surface area contributed by atoms with Gasteiger partial charge in [0.2, 0.25) is 41.4 Å². The molecule has 2 aliphatic heterocycles. The Morgan fingerprint density at radius 1 is 0.981 bits per heavy atom. The highest BCUT2D eigenvalue weighted by atomic mass is 32.2. The maximum atomic E-state index is 14.1. The number of hydrogen-bond donors (Lipinski definition) is 8. The molecular weight excluding hydrogens is 715 g/mol. The number of nitrogens with zero attached hydrogens (tertiary/aromatic N) is 2. The van der Waals surface area contributed by atoms with E-state index >= 15 is 0 Å². The maximum Gasteiger partial charge on any atom is 0.247 e. The largest absolute Gasteiger partial charge is 0.391 e. The fourth-order valence-electron chi connectivity index (χ4n) is 5.75. The number of amides is 7. The van der Waals surface area contributed by atoms with Crippen molar-refractivity contribution in [2.24, 2.45) is 16.9 Å². The lowest BCUT2D eigenvalue weighted by atomic mass is 9.85. The molecule has 6 atom stereocenters. The van der Waals surface area contributed by atoms with E-state index in [1.807, 2.05) is 6.92 Å². The Morgan fingerprint density at radius 2 is 1.67 bits per heavy atom. The number of thiazole rings is 1. The van der Waals surface area contributed by atoms with Gasteiger partial charge in [0.15, 0.2) is 0 Å². The number of hydrogen-bond acceptors (Lipinski definition) is 12. The Hall–Kier alpha value is -4.59. The summed E-state index contributed by atoms with van der Waals surface area (Å²) < 4.78 is 0. The van der Waals surface area contributed by atoms with Crippen molar-refractivity contribution in [2.75, 3.05) is 31.1 Å². The van der Waals surface area contributed by atoms with Gasteiger partial charge in [0, 0.05) is 25.3 Å². The molecule has 3 heterocycles. The Balaban J connectivity index is 1.69. The summed E-state index contributed by atoms with van der Waals surface area (Å²) in [5, 5.41) is 23.4. The summed E-state index contributed by atoms with van der Waals surface area (Å²) in [4.78, 5) is 99.2. The number of aromatic nitrogens is 1. The van der Waals surface area contributed by atoms with Gasteiger partial charge in [-0.1, -0.05) is 45.0 Å². The van der Waals surface area contributed by atoms with E-state index in [2.05, 4.69) is 31.6 Å². The first-order chi connectivity index (χ1) is 24.5. The molecule has 2 aromatic rings. The van der Waals surface area contributed by atoms with E-state index in [4.69, 9.17) is 11.5 Å². The van der Waals surface area contributed by atoms with Crippen molar-refractivity contribution in [1.82, 2.24) is 36.5 Å². The monoisotopic (exact) mass is 759 g/mol. The number of carbonyl (C=O) groups excluding carboxylic acids is 7. The fraction of sp³-hybridized carbons (Fsp3) is 0.515. The van der Waals surface area contributed by atoms with Crippen molar-refractivity contribution in [1.29, 1.82) is 0 Å². The molecule has 0 radical (unpaired) electrons. The fourth-order valence-corrected chi connectivity index (χ4v) is 7.43. The molecule has 0 saturated carbocycles. The third-order valence-corrected chi connectivity index (χ3v) is 10.6. The Labute approximate surface area is 308 Å². The third-order valence-electron chi connectivity index (χ3n) is 8.57. The van der Waals surface area contributed by atoms with Crippen molar-refractivity contribution in [3.05, 3.63) is 41.0 Å². The molecule has 0 aliphatic carbocycles.